The van der Waals surface area contributed by atoms with Crippen molar-refractivity contribution in [3.8, 4) is 0 Å². The predicted molar refractivity (Wildman–Crippen MR) is 266 cm³/mol. The average Bonchev–Trinajstić information content (AvgIpc) is 3.27. The van der Waals surface area contributed by atoms with Crippen LogP contribution in [-0.4, -0.2) is 37.2 Å². The van der Waals surface area contributed by atoms with Crippen molar-refractivity contribution < 1.29 is 28.6 Å². The monoisotopic (exact) mass is 877 g/mol. The first kappa shape index (κ1) is 60.4. The molecule has 0 spiro atoms. The molecule has 368 valence electrons. The largest absolute Gasteiger partial charge is 0.462 e. The van der Waals surface area contributed by atoms with E-state index in [1.807, 2.05) is 0 Å². The van der Waals surface area contributed by atoms with E-state index in [2.05, 4.69) is 27.7 Å². The summed E-state index contributed by atoms with van der Waals surface area (Å²) in [5, 5.41) is 0. The van der Waals surface area contributed by atoms with E-state index in [1.165, 1.54) is 212 Å². The number of carbonyl (C=O) groups excluding carboxylic acids is 3. The van der Waals surface area contributed by atoms with Gasteiger partial charge in [-0.05, 0) is 25.2 Å². The Bertz CT molecular complexity index is 935. The lowest BCUT2D eigenvalue weighted by Crippen LogP contribution is -2.30. The van der Waals surface area contributed by atoms with Gasteiger partial charge in [-0.3, -0.25) is 14.4 Å². The molecule has 0 N–H and O–H groups in total. The minimum absolute atomic E-state index is 0.0624. The van der Waals surface area contributed by atoms with Crippen molar-refractivity contribution in [1.82, 2.24) is 0 Å². The molecule has 0 saturated carbocycles. The Morgan fingerprint density at radius 3 is 0.839 bits per heavy atom. The molecule has 0 heterocycles. The number of hydrogen-bond acceptors (Lipinski definition) is 6. The molecule has 0 aromatic rings. The Kier molecular flexibility index (Phi) is 49.1. The number of ether oxygens (including phenoxy) is 3. The summed E-state index contributed by atoms with van der Waals surface area (Å²) >= 11 is 0. The molecular weight excluding hydrogens is 769 g/mol. The van der Waals surface area contributed by atoms with Crippen molar-refractivity contribution in [3.05, 3.63) is 0 Å². The maximum absolute atomic E-state index is 12.8. The second kappa shape index (κ2) is 50.4. The molecule has 6 heteroatoms. The molecule has 2 atom stereocenters. The van der Waals surface area contributed by atoms with Gasteiger partial charge in [0, 0.05) is 19.3 Å². The van der Waals surface area contributed by atoms with Gasteiger partial charge in [0.15, 0.2) is 6.10 Å². The average molecular weight is 877 g/mol. The number of unbranched alkanes of at least 4 members (excludes halogenated alkanes) is 37. The van der Waals surface area contributed by atoms with Crippen LogP contribution in [0.15, 0.2) is 0 Å². The molecule has 0 aliphatic rings. The second-order valence-electron chi connectivity index (χ2n) is 19.5. The van der Waals surface area contributed by atoms with Crippen LogP contribution in [0.5, 0.6) is 0 Å². The van der Waals surface area contributed by atoms with Gasteiger partial charge in [0.05, 0.1) is 0 Å². The van der Waals surface area contributed by atoms with E-state index in [0.717, 1.165) is 63.7 Å². The lowest BCUT2D eigenvalue weighted by molar-refractivity contribution is -0.167. The van der Waals surface area contributed by atoms with Crippen LogP contribution in [-0.2, 0) is 28.6 Å². The molecule has 0 bridgehead atoms. The first-order valence-corrected chi connectivity index (χ1v) is 27.9. The van der Waals surface area contributed by atoms with Crippen molar-refractivity contribution in [1.29, 1.82) is 0 Å². The second-order valence-corrected chi connectivity index (χ2v) is 19.5. The summed E-state index contributed by atoms with van der Waals surface area (Å²) in [7, 11) is 0. The van der Waals surface area contributed by atoms with Gasteiger partial charge in [-0.25, -0.2) is 0 Å². The summed E-state index contributed by atoms with van der Waals surface area (Å²) in [5.74, 6) is 0.0266. The molecule has 0 radical (unpaired) electrons. The molecule has 0 aromatic heterocycles. The fourth-order valence-electron chi connectivity index (χ4n) is 8.54. The fourth-order valence-corrected chi connectivity index (χ4v) is 8.54. The summed E-state index contributed by atoms with van der Waals surface area (Å²) in [6.45, 7) is 9.06. The van der Waals surface area contributed by atoms with Crippen molar-refractivity contribution in [3.63, 3.8) is 0 Å². The maximum atomic E-state index is 12.8. The third kappa shape index (κ3) is 47.9. The fraction of sp³-hybridized carbons (Fsp3) is 0.946. The molecule has 0 aliphatic heterocycles. The highest BCUT2D eigenvalue weighted by atomic mass is 16.6. The van der Waals surface area contributed by atoms with Gasteiger partial charge >= 0.3 is 17.9 Å². The molecule has 1 unspecified atom stereocenters. The molecule has 0 aromatic carbocycles. The van der Waals surface area contributed by atoms with Gasteiger partial charge in [-0.15, -0.1) is 0 Å². The van der Waals surface area contributed by atoms with Gasteiger partial charge in [0.25, 0.3) is 0 Å². The molecule has 0 saturated heterocycles. The zero-order valence-electron chi connectivity index (χ0n) is 42.3. The predicted octanol–water partition coefficient (Wildman–Crippen LogP) is 18.2. The van der Waals surface area contributed by atoms with E-state index in [1.54, 1.807) is 0 Å². The van der Waals surface area contributed by atoms with Crippen LogP contribution in [0.1, 0.15) is 317 Å². The normalized spacial score (nSPS) is 12.4. The van der Waals surface area contributed by atoms with Gasteiger partial charge in [0.2, 0.25) is 0 Å². The summed E-state index contributed by atoms with van der Waals surface area (Å²) < 4.78 is 16.8. The van der Waals surface area contributed by atoms with Crippen LogP contribution >= 0.6 is 0 Å². The summed E-state index contributed by atoms with van der Waals surface area (Å²) in [6, 6.07) is 0. The Morgan fingerprint density at radius 1 is 0.323 bits per heavy atom. The van der Waals surface area contributed by atoms with Crippen molar-refractivity contribution in [2.75, 3.05) is 13.2 Å². The molecule has 6 nitrogen and oxygen atoms in total. The SMILES string of the molecule is CCCCCCCCCCCCCCCCCCCCCC(=O)OC[C@@H](COC(=O)CCCCCCCCCCCCC)OC(=O)CCCCCCCCCCCCC(C)CC. The topological polar surface area (TPSA) is 78.9 Å². The number of esters is 3. The van der Waals surface area contributed by atoms with Gasteiger partial charge in [0.1, 0.15) is 13.2 Å². The van der Waals surface area contributed by atoms with Gasteiger partial charge < -0.3 is 14.2 Å². The molecule has 0 amide bonds. The zero-order chi connectivity index (χ0) is 45.2. The highest BCUT2D eigenvalue weighted by Gasteiger charge is 2.19. The Morgan fingerprint density at radius 2 is 0.565 bits per heavy atom. The van der Waals surface area contributed by atoms with Crippen molar-refractivity contribution in [2.24, 2.45) is 5.92 Å². The van der Waals surface area contributed by atoms with Gasteiger partial charge in [-0.2, -0.15) is 0 Å². The highest BCUT2D eigenvalue weighted by Crippen LogP contribution is 2.18. The Hall–Kier alpha value is -1.59. The number of rotatable bonds is 51. The minimum atomic E-state index is -0.761. The molecule has 0 fully saturated rings. The third-order valence-electron chi connectivity index (χ3n) is 13.2. The van der Waals surface area contributed by atoms with E-state index in [4.69, 9.17) is 14.2 Å². The smallest absolute Gasteiger partial charge is 0.306 e. The number of hydrogen-bond donors (Lipinski definition) is 0. The highest BCUT2D eigenvalue weighted by molar-refractivity contribution is 5.71. The molecular formula is C56H108O6. The van der Waals surface area contributed by atoms with Crippen molar-refractivity contribution in [2.45, 2.75) is 323 Å². The van der Waals surface area contributed by atoms with E-state index < -0.39 is 6.10 Å². The van der Waals surface area contributed by atoms with Crippen LogP contribution in [0, 0.1) is 5.92 Å². The lowest BCUT2D eigenvalue weighted by atomic mass is 9.99. The first-order chi connectivity index (χ1) is 30.4. The first-order valence-electron chi connectivity index (χ1n) is 27.9. The molecule has 62 heavy (non-hydrogen) atoms. The minimum Gasteiger partial charge on any atom is -0.462 e. The Balaban J connectivity index is 4.25. The van der Waals surface area contributed by atoms with Crippen LogP contribution in [0.4, 0.5) is 0 Å². The molecule has 0 rings (SSSR count). The standard InChI is InChI=1S/C56H108O6/c1-5-8-10-12-14-16-18-19-20-21-22-23-24-25-27-32-36-40-44-48-55(58)61-51-53(50-60-54(57)47-43-39-35-31-26-17-15-13-11-9-6-2)62-56(59)49-45-41-37-33-29-28-30-34-38-42-46-52(4)7-3/h52-53H,5-51H2,1-4H3/t52?,53-/m1/s1. The van der Waals surface area contributed by atoms with Crippen molar-refractivity contribution >= 4 is 17.9 Å². The van der Waals surface area contributed by atoms with Crippen LogP contribution in [0.3, 0.4) is 0 Å². The third-order valence-corrected chi connectivity index (χ3v) is 13.2. The zero-order valence-corrected chi connectivity index (χ0v) is 42.3. The molecule has 0 aliphatic carbocycles. The van der Waals surface area contributed by atoms with Crippen LogP contribution in [0.25, 0.3) is 0 Å². The summed E-state index contributed by atoms with van der Waals surface area (Å²) in [6.07, 6.45) is 53.7. The van der Waals surface area contributed by atoms with Crippen LogP contribution < -0.4 is 0 Å². The van der Waals surface area contributed by atoms with E-state index in [-0.39, 0.29) is 31.1 Å². The maximum Gasteiger partial charge on any atom is 0.306 e. The Labute approximate surface area is 387 Å². The number of carbonyl (C=O) groups is 3. The summed E-state index contributed by atoms with van der Waals surface area (Å²) in [4.78, 5) is 38.0. The quantitative estimate of drug-likeness (QED) is 0.0344. The lowest BCUT2D eigenvalue weighted by Gasteiger charge is -2.18. The van der Waals surface area contributed by atoms with E-state index >= 15 is 0 Å². The van der Waals surface area contributed by atoms with Crippen LogP contribution in [0.2, 0.25) is 0 Å². The van der Waals surface area contributed by atoms with Gasteiger partial charge in [-0.1, -0.05) is 278 Å². The van der Waals surface area contributed by atoms with E-state index in [0.29, 0.717) is 19.3 Å². The van der Waals surface area contributed by atoms with E-state index in [9.17, 15) is 14.4 Å². The summed E-state index contributed by atoms with van der Waals surface area (Å²) in [5.41, 5.74) is 0.